The Balaban J connectivity index is 2.74. The average molecular weight is 214 g/mol. The highest BCUT2D eigenvalue weighted by Crippen LogP contribution is 2.32. The van der Waals surface area contributed by atoms with Gasteiger partial charge in [0.1, 0.15) is 0 Å². The standard InChI is InChI=1S/C10H9F3N2/c1-6-3-7(10(11,12)13)4-8-9(6)15(2)5-14-8/h3-5H,1-2H3. The van der Waals surface area contributed by atoms with Crippen molar-refractivity contribution in [2.75, 3.05) is 0 Å². The normalized spacial score (nSPS) is 12.3. The zero-order chi connectivity index (χ0) is 11.2. The van der Waals surface area contributed by atoms with Gasteiger partial charge in [-0.05, 0) is 24.6 Å². The summed E-state index contributed by atoms with van der Waals surface area (Å²) in [5, 5.41) is 0. The minimum Gasteiger partial charge on any atom is -0.334 e. The Morgan fingerprint density at radius 2 is 1.93 bits per heavy atom. The number of alkyl halides is 3. The molecule has 0 N–H and O–H groups in total. The smallest absolute Gasteiger partial charge is 0.334 e. The lowest BCUT2D eigenvalue weighted by Crippen LogP contribution is -2.05. The highest BCUT2D eigenvalue weighted by atomic mass is 19.4. The summed E-state index contributed by atoms with van der Waals surface area (Å²) in [4.78, 5) is 3.92. The molecule has 0 aliphatic rings. The second-order valence-electron chi connectivity index (χ2n) is 3.51. The quantitative estimate of drug-likeness (QED) is 0.659. The van der Waals surface area contributed by atoms with E-state index >= 15 is 0 Å². The van der Waals surface area contributed by atoms with Crippen molar-refractivity contribution in [1.82, 2.24) is 9.55 Å². The molecule has 0 amide bonds. The molecule has 15 heavy (non-hydrogen) atoms. The number of rotatable bonds is 0. The van der Waals surface area contributed by atoms with Crippen molar-refractivity contribution in [2.45, 2.75) is 13.1 Å². The number of hydrogen-bond acceptors (Lipinski definition) is 1. The maximum absolute atomic E-state index is 12.5. The van der Waals surface area contributed by atoms with E-state index < -0.39 is 11.7 Å². The van der Waals surface area contributed by atoms with E-state index in [4.69, 9.17) is 0 Å². The number of hydrogen-bond donors (Lipinski definition) is 0. The number of benzene rings is 1. The molecule has 0 atom stereocenters. The molecule has 80 valence electrons. The highest BCUT2D eigenvalue weighted by molar-refractivity contribution is 5.79. The predicted molar refractivity (Wildman–Crippen MR) is 50.5 cm³/mol. The van der Waals surface area contributed by atoms with Gasteiger partial charge < -0.3 is 4.57 Å². The molecule has 5 heteroatoms. The van der Waals surface area contributed by atoms with Crippen LogP contribution >= 0.6 is 0 Å². The Morgan fingerprint density at radius 1 is 1.27 bits per heavy atom. The third-order valence-corrected chi connectivity index (χ3v) is 2.33. The van der Waals surface area contributed by atoms with Gasteiger partial charge in [0.05, 0.1) is 22.9 Å². The Kier molecular flexibility index (Phi) is 1.99. The van der Waals surface area contributed by atoms with Gasteiger partial charge in [-0.25, -0.2) is 4.98 Å². The second-order valence-corrected chi connectivity index (χ2v) is 3.51. The summed E-state index contributed by atoms with van der Waals surface area (Å²) in [7, 11) is 1.76. The molecular formula is C10H9F3N2. The number of aryl methyl sites for hydroxylation is 2. The number of fused-ring (bicyclic) bond motifs is 1. The van der Waals surface area contributed by atoms with Gasteiger partial charge in [-0.15, -0.1) is 0 Å². The van der Waals surface area contributed by atoms with Crippen LogP contribution in [-0.2, 0) is 13.2 Å². The average Bonchev–Trinajstić information content (AvgIpc) is 2.46. The molecule has 1 aromatic carbocycles. The Hall–Kier alpha value is -1.52. The Morgan fingerprint density at radius 3 is 2.53 bits per heavy atom. The molecule has 0 spiro atoms. The fourth-order valence-electron chi connectivity index (χ4n) is 1.69. The molecule has 0 aliphatic carbocycles. The maximum Gasteiger partial charge on any atom is 0.416 e. The van der Waals surface area contributed by atoms with Crippen LogP contribution in [0.5, 0.6) is 0 Å². The summed E-state index contributed by atoms with van der Waals surface area (Å²) in [5.74, 6) is 0. The van der Waals surface area contributed by atoms with Gasteiger partial charge in [0.25, 0.3) is 0 Å². The van der Waals surface area contributed by atoms with Gasteiger partial charge in [0, 0.05) is 7.05 Å². The van der Waals surface area contributed by atoms with Gasteiger partial charge in [-0.1, -0.05) is 0 Å². The number of imidazole rings is 1. The predicted octanol–water partition coefficient (Wildman–Crippen LogP) is 2.90. The van der Waals surface area contributed by atoms with Gasteiger partial charge >= 0.3 is 6.18 Å². The van der Waals surface area contributed by atoms with Crippen LogP contribution < -0.4 is 0 Å². The van der Waals surface area contributed by atoms with E-state index in [1.165, 1.54) is 6.33 Å². The molecule has 1 heterocycles. The van der Waals surface area contributed by atoms with Gasteiger partial charge in [-0.2, -0.15) is 13.2 Å². The minimum absolute atomic E-state index is 0.379. The van der Waals surface area contributed by atoms with Gasteiger partial charge in [0.15, 0.2) is 0 Å². The van der Waals surface area contributed by atoms with Crippen LogP contribution in [0.3, 0.4) is 0 Å². The molecule has 0 saturated heterocycles. The molecule has 0 saturated carbocycles. The second kappa shape index (κ2) is 2.98. The molecule has 1 aromatic heterocycles. The van der Waals surface area contributed by atoms with Crippen LogP contribution in [-0.4, -0.2) is 9.55 Å². The first-order valence-electron chi connectivity index (χ1n) is 4.38. The lowest BCUT2D eigenvalue weighted by molar-refractivity contribution is -0.137. The molecule has 0 radical (unpaired) electrons. The first-order valence-corrected chi connectivity index (χ1v) is 4.38. The fourth-order valence-corrected chi connectivity index (χ4v) is 1.69. The summed E-state index contributed by atoms with van der Waals surface area (Å²) in [6.07, 6.45) is -2.80. The Bertz CT molecular complexity index is 511. The SMILES string of the molecule is Cc1cc(C(F)(F)F)cc2ncn(C)c12. The summed E-state index contributed by atoms with van der Waals surface area (Å²) in [6, 6.07) is 2.21. The van der Waals surface area contributed by atoms with E-state index in [1.807, 2.05) is 0 Å². The molecule has 2 nitrogen and oxygen atoms in total. The van der Waals surface area contributed by atoms with Crippen molar-refractivity contribution < 1.29 is 13.2 Å². The van der Waals surface area contributed by atoms with E-state index in [1.54, 1.807) is 18.5 Å². The third-order valence-electron chi connectivity index (χ3n) is 2.33. The first kappa shape index (κ1) is 10.0. The summed E-state index contributed by atoms with van der Waals surface area (Å²) >= 11 is 0. The lowest BCUT2D eigenvalue weighted by Gasteiger charge is -2.08. The molecule has 2 rings (SSSR count). The van der Waals surface area contributed by atoms with Crippen molar-refractivity contribution >= 4 is 11.0 Å². The molecular weight excluding hydrogens is 205 g/mol. The number of nitrogens with zero attached hydrogens (tertiary/aromatic N) is 2. The summed E-state index contributed by atoms with van der Waals surface area (Å²) < 4.78 is 39.1. The topological polar surface area (TPSA) is 17.8 Å². The monoisotopic (exact) mass is 214 g/mol. The number of aromatic nitrogens is 2. The van der Waals surface area contributed by atoms with E-state index in [0.29, 0.717) is 11.1 Å². The minimum atomic E-state index is -4.31. The van der Waals surface area contributed by atoms with Crippen molar-refractivity contribution in [3.8, 4) is 0 Å². The van der Waals surface area contributed by atoms with Crippen LogP contribution in [0.25, 0.3) is 11.0 Å². The van der Waals surface area contributed by atoms with Crippen LogP contribution in [0, 0.1) is 6.92 Å². The van der Waals surface area contributed by atoms with Crippen LogP contribution in [0.1, 0.15) is 11.1 Å². The molecule has 2 aromatic rings. The third kappa shape index (κ3) is 1.58. The van der Waals surface area contributed by atoms with Crippen LogP contribution in [0.4, 0.5) is 13.2 Å². The molecule has 0 unspecified atom stereocenters. The highest BCUT2D eigenvalue weighted by Gasteiger charge is 2.31. The fraction of sp³-hybridized carbons (Fsp3) is 0.300. The Labute approximate surface area is 84.3 Å². The van der Waals surface area contributed by atoms with Gasteiger partial charge in [-0.3, -0.25) is 0 Å². The van der Waals surface area contributed by atoms with E-state index in [0.717, 1.165) is 17.6 Å². The maximum atomic E-state index is 12.5. The van der Waals surface area contributed by atoms with Gasteiger partial charge in [0.2, 0.25) is 0 Å². The van der Waals surface area contributed by atoms with Crippen LogP contribution in [0.2, 0.25) is 0 Å². The zero-order valence-electron chi connectivity index (χ0n) is 8.26. The van der Waals surface area contributed by atoms with Crippen molar-refractivity contribution in [3.05, 3.63) is 29.6 Å². The van der Waals surface area contributed by atoms with E-state index in [2.05, 4.69) is 4.98 Å². The summed E-state index contributed by atoms with van der Waals surface area (Å²) in [6.45, 7) is 1.65. The molecule has 0 aliphatic heterocycles. The molecule has 0 fully saturated rings. The lowest BCUT2D eigenvalue weighted by atomic mass is 10.1. The van der Waals surface area contributed by atoms with Crippen LogP contribution in [0.15, 0.2) is 18.5 Å². The molecule has 0 bridgehead atoms. The van der Waals surface area contributed by atoms with E-state index in [-0.39, 0.29) is 0 Å². The number of halogens is 3. The summed E-state index contributed by atoms with van der Waals surface area (Å²) in [5.41, 5.74) is 1.05. The largest absolute Gasteiger partial charge is 0.416 e. The van der Waals surface area contributed by atoms with E-state index in [9.17, 15) is 13.2 Å². The van der Waals surface area contributed by atoms with Crippen molar-refractivity contribution in [3.63, 3.8) is 0 Å². The van der Waals surface area contributed by atoms with Crippen molar-refractivity contribution in [2.24, 2.45) is 7.05 Å². The van der Waals surface area contributed by atoms with Crippen molar-refractivity contribution in [1.29, 1.82) is 0 Å². The zero-order valence-corrected chi connectivity index (χ0v) is 8.26. The first-order chi connectivity index (χ1) is 6.89.